The van der Waals surface area contributed by atoms with Gasteiger partial charge in [-0.25, -0.2) is 30.6 Å². The Morgan fingerprint density at radius 3 is 1.39 bits per heavy atom. The van der Waals surface area contributed by atoms with E-state index in [1.807, 2.05) is 60.2 Å². The Hall–Kier alpha value is -5.53. The molecule has 83 heavy (non-hydrogen) atoms. The Kier molecular flexibility index (Phi) is 31.6. The Morgan fingerprint density at radius 1 is 0.578 bits per heavy atom. The first-order chi connectivity index (χ1) is 38.3. The molecule has 0 aromatic rings. The molecule has 0 aliphatic rings. The number of ether oxygens (including phenoxy) is 5. The summed E-state index contributed by atoms with van der Waals surface area (Å²) in [4.78, 5) is 67.7. The third kappa shape index (κ3) is 23.5. The minimum Gasteiger partial charge on any atom is -0.763 e. The molecule has 0 aromatic heterocycles. The second-order valence-corrected chi connectivity index (χ2v) is 27.4. The molecule has 0 saturated carbocycles. The van der Waals surface area contributed by atoms with Gasteiger partial charge in [0.05, 0.1) is 95.9 Å². The van der Waals surface area contributed by atoms with Gasteiger partial charge in [-0.15, -0.1) is 0 Å². The van der Waals surface area contributed by atoms with E-state index in [0.29, 0.717) is 65.0 Å². The van der Waals surface area contributed by atoms with E-state index in [1.165, 1.54) is 0 Å². The van der Waals surface area contributed by atoms with Gasteiger partial charge in [0.2, 0.25) is 0 Å². The summed E-state index contributed by atoms with van der Waals surface area (Å²) in [6.07, 6.45) is 0.609. The molecule has 0 heterocycles. The van der Waals surface area contributed by atoms with Crippen LogP contribution in [0.2, 0.25) is 0 Å². The number of likely N-dealkylation sites (N-methyl/N-ethyl adjacent to an activating group) is 3. The highest BCUT2D eigenvalue weighted by Gasteiger charge is 2.61. The first-order valence-corrected chi connectivity index (χ1v) is 30.5. The van der Waals surface area contributed by atoms with Crippen LogP contribution in [0.4, 0.5) is 0 Å². The average molecular weight is 1160 g/mol. The highest BCUT2D eigenvalue weighted by Crippen LogP contribution is 2.39. The van der Waals surface area contributed by atoms with Crippen molar-refractivity contribution in [3.63, 3.8) is 0 Å². The van der Waals surface area contributed by atoms with E-state index in [1.54, 1.807) is 27.7 Å². The van der Waals surface area contributed by atoms with Gasteiger partial charge >= 0.3 is 35.9 Å². The van der Waals surface area contributed by atoms with Crippen molar-refractivity contribution in [2.45, 2.75) is 233 Å². The third-order valence-electron chi connectivity index (χ3n) is 16.6. The summed E-state index contributed by atoms with van der Waals surface area (Å²) in [5.41, 5.74) is -6.83. The number of rotatable bonds is 37. The first-order valence-electron chi connectivity index (χ1n) is 30.5. The smallest absolute Gasteiger partial charge is 0.413 e. The molecule has 0 fully saturated rings. The van der Waals surface area contributed by atoms with E-state index in [2.05, 4.69) is 91.9 Å². The standard InChI is InChI=1S/C65H110N8O10/c1-25-50(13)79-55(74)51(39-66)37-64(70-24,46-72(30-6,31-7)42-48(11)35-62(17,18)19)58(77)82-60(81-56(75)52(40-67)44-71(28-4,29-5)41-47(10)34-61(14,15)16)83-59(78)65(45-68,38-54(69-23)57(76)80-53(26-2)27-3)73(32-8,33-9)43-49(12)36-63(20,21)22/h47-50,53,60H,25-38,41-44,46H2,1-22H3/b57-54-. The van der Waals surface area contributed by atoms with Crippen LogP contribution < -0.4 is 5.11 Å². The molecule has 470 valence electrons. The van der Waals surface area contributed by atoms with Crippen molar-refractivity contribution in [1.82, 2.24) is 0 Å². The molecule has 0 aromatic carbocycles. The molecule has 18 heteroatoms. The minimum atomic E-state index is -2.72. The Labute approximate surface area is 502 Å². The van der Waals surface area contributed by atoms with Crippen molar-refractivity contribution in [2.75, 3.05) is 72.0 Å². The van der Waals surface area contributed by atoms with Gasteiger partial charge in [-0.2, -0.15) is 5.26 Å². The fraction of sp³-hybridized carbons (Fsp3) is 0.800. The molecule has 0 saturated heterocycles. The molecule has 0 radical (unpaired) electrons. The molecular formula is C65H110N8O10. The lowest BCUT2D eigenvalue weighted by molar-refractivity contribution is -0.959. The predicted octanol–water partition coefficient (Wildman–Crippen LogP) is 11.7. The predicted molar refractivity (Wildman–Crippen MR) is 326 cm³/mol. The monoisotopic (exact) mass is 1160 g/mol. The van der Waals surface area contributed by atoms with Crippen molar-refractivity contribution in [1.29, 1.82) is 5.26 Å². The summed E-state index contributed by atoms with van der Waals surface area (Å²) in [5.74, 6) is -2.39. The molecule has 0 spiro atoms. The number of hydrogen-bond donors (Lipinski definition) is 0. The van der Waals surface area contributed by atoms with Gasteiger partial charge in [0.15, 0.2) is 12.2 Å². The quantitative estimate of drug-likeness (QED) is 0.0108. The van der Waals surface area contributed by atoms with Crippen LogP contribution in [0.1, 0.15) is 204 Å². The highest BCUT2D eigenvalue weighted by molar-refractivity contribution is 6.01. The van der Waals surface area contributed by atoms with Gasteiger partial charge in [0, 0.05) is 23.9 Å². The van der Waals surface area contributed by atoms with Gasteiger partial charge in [-0.3, -0.25) is 21.1 Å². The maximum absolute atomic E-state index is 15.9. The maximum atomic E-state index is 15.9. The molecule has 7 unspecified atom stereocenters. The minimum absolute atomic E-state index is 0.0214. The first kappa shape index (κ1) is 77.5. The Balaban J connectivity index is 9.10. The van der Waals surface area contributed by atoms with Crippen LogP contribution in [0, 0.1) is 58.5 Å². The maximum Gasteiger partial charge on any atom is 0.413 e. The normalized spacial score (nSPS) is 16.0. The van der Waals surface area contributed by atoms with E-state index in [4.69, 9.17) is 36.8 Å². The molecule has 0 N–H and O–H groups in total. The fourth-order valence-electron chi connectivity index (χ4n) is 12.4. The number of carbonyl (C=O) groups is 4. The van der Waals surface area contributed by atoms with E-state index in [0.717, 1.165) is 12.8 Å². The van der Waals surface area contributed by atoms with E-state index in [-0.39, 0.29) is 80.2 Å². The zero-order valence-electron chi connectivity index (χ0n) is 55.6. The summed E-state index contributed by atoms with van der Waals surface area (Å²) in [5, 5.41) is 47.2. The van der Waals surface area contributed by atoms with Crippen LogP contribution >= 0.6 is 0 Å². The summed E-state index contributed by atoms with van der Waals surface area (Å²) in [6, 6.07) is 2.18. The van der Waals surface area contributed by atoms with Gasteiger partial charge in [-0.05, 0) is 103 Å². The summed E-state index contributed by atoms with van der Waals surface area (Å²) >= 11 is 0. The molecule has 0 amide bonds. The summed E-state index contributed by atoms with van der Waals surface area (Å²) < 4.78 is 29.5. The molecule has 18 nitrogen and oxygen atoms in total. The number of carbonyl (C=O) groups excluding carboxylic acids is 4. The second kappa shape index (κ2) is 33.8. The Bertz CT molecular complexity index is 2380. The topological polar surface area (TPSA) is 215 Å². The van der Waals surface area contributed by atoms with Crippen LogP contribution in [0.25, 0.3) is 20.5 Å². The Morgan fingerprint density at radius 2 is 1.01 bits per heavy atom. The van der Waals surface area contributed by atoms with Crippen molar-refractivity contribution >= 4 is 35.6 Å². The van der Waals surface area contributed by atoms with Crippen LogP contribution in [0.3, 0.4) is 0 Å². The van der Waals surface area contributed by atoms with Gasteiger partial charge in [-0.1, -0.05) is 104 Å². The summed E-state index contributed by atoms with van der Waals surface area (Å²) in [7, 11) is 0. The van der Waals surface area contributed by atoms with Crippen LogP contribution in [0.15, 0.2) is 22.8 Å². The zero-order valence-corrected chi connectivity index (χ0v) is 55.6. The molecular weight excluding hydrogens is 1050 g/mol. The molecule has 0 bridgehead atoms. The van der Waals surface area contributed by atoms with Crippen LogP contribution in [-0.4, -0.2) is 151 Å². The number of esters is 4. The molecule has 0 aliphatic heterocycles. The van der Waals surface area contributed by atoms with Crippen LogP contribution in [-0.2, 0) is 42.9 Å². The van der Waals surface area contributed by atoms with Gasteiger partial charge in [0.1, 0.15) is 18.2 Å². The van der Waals surface area contributed by atoms with Crippen molar-refractivity contribution in [2.24, 2.45) is 34.0 Å². The van der Waals surface area contributed by atoms with E-state index in [9.17, 15) is 30.8 Å². The molecule has 0 rings (SSSR count). The highest BCUT2D eigenvalue weighted by atomic mass is 16.9. The van der Waals surface area contributed by atoms with Crippen molar-refractivity contribution in [3.05, 3.63) is 56.4 Å². The number of nitriles is 1. The zero-order chi connectivity index (χ0) is 64.6. The average Bonchev–Trinajstić information content (AvgIpc) is 3.57. The SMILES string of the molecule is [C-]#[N+]/C(CC(C#N)(C(=O)OC(OC(=O)C(=C=[N-])C[N+](CC)(CC)CC(C)CC(C)(C)C)OC(=O)C(CC(=C=[N-])C(=O)OC(C)CC)(C[N+](CC)(CC)CC(C)CC(C)(C)C)[N+]#[C-])[N+](CC)(CC)CC(C)CC(C)(C)C)=C(/[O-])OC(CC)CC. The number of nitrogens with zero attached hydrogens (tertiary/aromatic N) is 8. The van der Waals surface area contributed by atoms with Crippen LogP contribution in [0.5, 0.6) is 0 Å². The lowest BCUT2D eigenvalue weighted by Gasteiger charge is -2.49. The molecule has 7 atom stereocenters. The lowest BCUT2D eigenvalue weighted by atomic mass is 9.82. The fourth-order valence-corrected chi connectivity index (χ4v) is 12.4. The molecule has 0 aliphatic carbocycles. The number of quaternary nitrogens is 3. The second-order valence-electron chi connectivity index (χ2n) is 27.4. The lowest BCUT2D eigenvalue weighted by Crippen LogP contribution is -2.69. The van der Waals surface area contributed by atoms with Crippen molar-refractivity contribution in [3.8, 4) is 6.07 Å². The van der Waals surface area contributed by atoms with Gasteiger partial charge in [0.25, 0.3) is 5.54 Å². The largest absolute Gasteiger partial charge is 0.763 e. The van der Waals surface area contributed by atoms with E-state index < -0.39 is 89.3 Å². The number of hydrogen-bond acceptors (Lipinski definition) is 11. The third-order valence-corrected chi connectivity index (χ3v) is 16.6. The van der Waals surface area contributed by atoms with Gasteiger partial charge < -0.3 is 48.6 Å². The van der Waals surface area contributed by atoms with E-state index >= 15 is 9.59 Å². The van der Waals surface area contributed by atoms with Crippen molar-refractivity contribution < 1.29 is 61.4 Å². The summed E-state index contributed by atoms with van der Waals surface area (Å²) in [6.45, 7) is 60.6.